The zero-order chi connectivity index (χ0) is 25.3. The van der Waals surface area contributed by atoms with Crippen LogP contribution in [-0.4, -0.2) is 64.9 Å². The first kappa shape index (κ1) is 27.0. The molecule has 0 saturated carbocycles. The molecule has 0 bridgehead atoms. The van der Waals surface area contributed by atoms with Crippen LogP contribution in [0.15, 0.2) is 30.5 Å². The Morgan fingerprint density at radius 1 is 1.22 bits per heavy atom. The number of nitrogens with zero attached hydrogens (tertiary/aromatic N) is 3. The lowest BCUT2D eigenvalue weighted by Gasteiger charge is -2.32. The number of hydrogen-bond acceptors (Lipinski definition) is 7. The number of piperidine rings is 1. The number of halogens is 4. The summed E-state index contributed by atoms with van der Waals surface area (Å²) in [6, 6.07) is 5.36. The zero-order valence-electron chi connectivity index (χ0n) is 19.9. The van der Waals surface area contributed by atoms with Crippen molar-refractivity contribution in [3.63, 3.8) is 0 Å². The number of carbonyl (C=O) groups is 1. The van der Waals surface area contributed by atoms with Crippen LogP contribution in [0.25, 0.3) is 11.2 Å². The van der Waals surface area contributed by atoms with Crippen LogP contribution in [0.3, 0.4) is 0 Å². The van der Waals surface area contributed by atoms with Crippen LogP contribution in [0, 0.1) is 0 Å². The van der Waals surface area contributed by atoms with Gasteiger partial charge in [0.25, 0.3) is 5.91 Å². The van der Waals surface area contributed by atoms with Gasteiger partial charge in [0, 0.05) is 44.2 Å². The summed E-state index contributed by atoms with van der Waals surface area (Å²) in [6.07, 6.45) is -0.851. The van der Waals surface area contributed by atoms with Gasteiger partial charge in [-0.2, -0.15) is 0 Å². The third kappa shape index (κ3) is 6.08. The number of aromatic amines is 1. The Bertz CT molecular complexity index is 1240. The maximum Gasteiger partial charge on any atom is 0.573 e. The third-order valence-corrected chi connectivity index (χ3v) is 6.59. The van der Waals surface area contributed by atoms with Crippen LogP contribution < -0.4 is 15.8 Å². The lowest BCUT2D eigenvalue weighted by atomic mass is 9.89. The number of likely N-dealkylation sites (tertiary alicyclic amines) is 1. The number of amides is 1. The molecule has 2 aliphatic heterocycles. The Kier molecular flexibility index (Phi) is 8.10. The number of nitrogens with one attached hydrogen (secondary N) is 2. The highest BCUT2D eigenvalue weighted by atomic mass is 35.5. The standard InChI is InChI=1S/C24H27F3N6O3.ClH/c25-24(26,27)36-15-2-3-17(18(28)12-15)23(34)33-9-5-14(6-10-33)16-4-8-30-22-20(16)31-21(32-22)19-13-29-7-1-11-35-19;/h2-4,8,12,14,19,29H,1,5-7,9-11,13,28H2,(H,30,31,32);1H. The highest BCUT2D eigenvalue weighted by Gasteiger charge is 2.32. The Labute approximate surface area is 217 Å². The SMILES string of the molecule is Cl.Nc1cc(OC(F)(F)F)ccc1C(=O)N1CCC(c2ccnc3[nH]c(C4CNCCCO4)nc23)CC1. The number of hydrogen-bond donors (Lipinski definition) is 3. The number of anilines is 1. The van der Waals surface area contributed by atoms with Gasteiger partial charge in [-0.25, -0.2) is 9.97 Å². The summed E-state index contributed by atoms with van der Waals surface area (Å²) < 4.78 is 47.2. The smallest absolute Gasteiger partial charge is 0.406 e. The number of fused-ring (bicyclic) bond motifs is 1. The van der Waals surface area contributed by atoms with Crippen LogP contribution in [-0.2, 0) is 4.74 Å². The summed E-state index contributed by atoms with van der Waals surface area (Å²) in [5.41, 5.74) is 8.57. The van der Waals surface area contributed by atoms with Crippen molar-refractivity contribution in [3.8, 4) is 5.75 Å². The second-order valence-electron chi connectivity index (χ2n) is 9.00. The molecule has 2 fully saturated rings. The molecule has 200 valence electrons. The van der Waals surface area contributed by atoms with E-state index in [1.165, 1.54) is 6.07 Å². The van der Waals surface area contributed by atoms with Gasteiger partial charge in [-0.15, -0.1) is 25.6 Å². The van der Waals surface area contributed by atoms with E-state index in [0.29, 0.717) is 44.7 Å². The van der Waals surface area contributed by atoms with Crippen molar-refractivity contribution < 1.29 is 27.4 Å². The number of pyridine rings is 1. The number of ether oxygens (including phenoxy) is 2. The van der Waals surface area contributed by atoms with Gasteiger partial charge in [-0.3, -0.25) is 4.79 Å². The molecule has 1 amide bonds. The summed E-state index contributed by atoms with van der Waals surface area (Å²) in [6.45, 7) is 3.24. The summed E-state index contributed by atoms with van der Waals surface area (Å²) >= 11 is 0. The molecule has 9 nitrogen and oxygen atoms in total. The number of benzene rings is 1. The van der Waals surface area contributed by atoms with Gasteiger partial charge in [0.1, 0.15) is 23.2 Å². The average Bonchev–Trinajstić information content (AvgIpc) is 3.09. The molecule has 1 aromatic carbocycles. The topological polar surface area (TPSA) is 118 Å². The van der Waals surface area contributed by atoms with E-state index in [0.717, 1.165) is 42.0 Å². The molecule has 1 unspecified atom stereocenters. The number of H-pyrrole nitrogens is 1. The van der Waals surface area contributed by atoms with Crippen LogP contribution in [0.2, 0.25) is 0 Å². The predicted octanol–water partition coefficient (Wildman–Crippen LogP) is 3.93. The van der Waals surface area contributed by atoms with E-state index in [2.05, 4.69) is 20.0 Å². The van der Waals surface area contributed by atoms with Crippen molar-refractivity contribution in [2.75, 3.05) is 38.5 Å². The maximum absolute atomic E-state index is 13.0. The summed E-state index contributed by atoms with van der Waals surface area (Å²) in [4.78, 5) is 27.3. The third-order valence-electron chi connectivity index (χ3n) is 6.59. The molecule has 3 aromatic rings. The van der Waals surface area contributed by atoms with Crippen molar-refractivity contribution in [1.82, 2.24) is 25.2 Å². The largest absolute Gasteiger partial charge is 0.573 e. The predicted molar refractivity (Wildman–Crippen MR) is 133 cm³/mol. The second-order valence-corrected chi connectivity index (χ2v) is 9.00. The first-order valence-corrected chi connectivity index (χ1v) is 11.9. The van der Waals surface area contributed by atoms with Gasteiger partial charge >= 0.3 is 6.36 Å². The van der Waals surface area contributed by atoms with E-state index in [1.54, 1.807) is 11.1 Å². The molecular formula is C24H28ClF3N6O3. The van der Waals surface area contributed by atoms with Crippen molar-refractivity contribution in [2.24, 2.45) is 0 Å². The number of carbonyl (C=O) groups excluding carboxylic acids is 1. The quantitative estimate of drug-likeness (QED) is 0.429. The van der Waals surface area contributed by atoms with E-state index in [1.807, 2.05) is 6.07 Å². The van der Waals surface area contributed by atoms with Gasteiger partial charge in [0.05, 0.1) is 5.56 Å². The van der Waals surface area contributed by atoms with E-state index < -0.39 is 12.1 Å². The molecule has 2 aliphatic rings. The maximum atomic E-state index is 13.0. The van der Waals surface area contributed by atoms with Gasteiger partial charge < -0.3 is 30.4 Å². The zero-order valence-corrected chi connectivity index (χ0v) is 20.7. The molecule has 2 aromatic heterocycles. The number of aromatic nitrogens is 3. The normalized spacial score (nSPS) is 19.3. The van der Waals surface area contributed by atoms with Crippen LogP contribution in [0.1, 0.15) is 53.0 Å². The first-order valence-electron chi connectivity index (χ1n) is 11.9. The molecule has 0 spiro atoms. The molecule has 4 N–H and O–H groups in total. The fourth-order valence-corrected chi connectivity index (χ4v) is 4.82. The Morgan fingerprint density at radius 3 is 2.73 bits per heavy atom. The first-order chi connectivity index (χ1) is 17.3. The average molecular weight is 541 g/mol. The minimum Gasteiger partial charge on any atom is -0.406 e. The van der Waals surface area contributed by atoms with Gasteiger partial charge in [-0.1, -0.05) is 0 Å². The van der Waals surface area contributed by atoms with Crippen molar-refractivity contribution in [2.45, 2.75) is 37.6 Å². The van der Waals surface area contributed by atoms with Gasteiger partial charge in [0.15, 0.2) is 5.65 Å². The molecule has 5 rings (SSSR count). The van der Waals surface area contributed by atoms with Crippen LogP contribution in [0.4, 0.5) is 18.9 Å². The number of nitrogens with two attached hydrogens (primary N) is 1. The Hall–Kier alpha value is -3.09. The van der Waals surface area contributed by atoms with E-state index in [9.17, 15) is 18.0 Å². The number of rotatable bonds is 4. The Balaban J connectivity index is 0.00000320. The number of nitrogen functional groups attached to an aromatic ring is 1. The Morgan fingerprint density at radius 2 is 2.00 bits per heavy atom. The van der Waals surface area contributed by atoms with Gasteiger partial charge in [0.2, 0.25) is 0 Å². The minimum atomic E-state index is -4.83. The second kappa shape index (κ2) is 11.1. The fourth-order valence-electron chi connectivity index (χ4n) is 4.82. The molecule has 13 heteroatoms. The molecule has 0 aliphatic carbocycles. The summed E-state index contributed by atoms with van der Waals surface area (Å²) in [7, 11) is 0. The van der Waals surface area contributed by atoms with Crippen LogP contribution >= 0.6 is 12.4 Å². The van der Waals surface area contributed by atoms with Crippen molar-refractivity contribution in [1.29, 1.82) is 0 Å². The highest BCUT2D eigenvalue weighted by Crippen LogP contribution is 2.34. The summed E-state index contributed by atoms with van der Waals surface area (Å²) in [5.74, 6) is 0.161. The summed E-state index contributed by atoms with van der Waals surface area (Å²) in [5, 5.41) is 3.36. The van der Waals surface area contributed by atoms with E-state index >= 15 is 0 Å². The van der Waals surface area contributed by atoms with E-state index in [4.69, 9.17) is 15.5 Å². The fraction of sp³-hybridized carbons (Fsp3) is 0.458. The molecular weight excluding hydrogens is 513 g/mol. The molecule has 1 atom stereocenters. The molecule has 37 heavy (non-hydrogen) atoms. The lowest BCUT2D eigenvalue weighted by molar-refractivity contribution is -0.274. The molecule has 0 radical (unpaired) electrons. The van der Waals surface area contributed by atoms with Crippen molar-refractivity contribution >= 4 is 35.2 Å². The number of imidazole rings is 1. The van der Waals surface area contributed by atoms with Crippen LogP contribution in [0.5, 0.6) is 5.75 Å². The van der Waals surface area contributed by atoms with Gasteiger partial charge in [-0.05, 0) is 55.5 Å². The monoisotopic (exact) mass is 540 g/mol. The van der Waals surface area contributed by atoms with E-state index in [-0.39, 0.29) is 41.6 Å². The number of alkyl halides is 3. The highest BCUT2D eigenvalue weighted by molar-refractivity contribution is 5.99. The minimum absolute atomic E-state index is 0. The van der Waals surface area contributed by atoms with Crippen molar-refractivity contribution in [3.05, 3.63) is 47.4 Å². The lowest BCUT2D eigenvalue weighted by Crippen LogP contribution is -2.38. The molecule has 2 saturated heterocycles. The molecule has 4 heterocycles.